The molecule has 288 valence electrons. The number of para-hydroxylation sites is 1. The number of carbonyl (C=O) groups excluding carboxylic acids is 4. The Kier molecular flexibility index (Phi) is 13.4. The van der Waals surface area contributed by atoms with E-state index in [0.717, 1.165) is 16.7 Å². The lowest BCUT2D eigenvalue weighted by Gasteiger charge is -2.38. The second-order valence-corrected chi connectivity index (χ2v) is 13.5. The lowest BCUT2D eigenvalue weighted by Crippen LogP contribution is -2.61. The van der Waals surface area contributed by atoms with Gasteiger partial charge in [-0.25, -0.2) is 4.79 Å². The summed E-state index contributed by atoms with van der Waals surface area (Å²) in [5, 5.41) is 35.0. The molecule has 2 heterocycles. The Bertz CT molecular complexity index is 1900. The summed E-state index contributed by atoms with van der Waals surface area (Å²) in [6.45, 7) is -0.744. The van der Waals surface area contributed by atoms with Gasteiger partial charge in [0.15, 0.2) is 6.10 Å². The number of aliphatic hydroxyl groups excluding tert-OH is 3. The van der Waals surface area contributed by atoms with Crippen LogP contribution in [0.3, 0.4) is 0 Å². The fourth-order valence-electron chi connectivity index (χ4n) is 6.58. The van der Waals surface area contributed by atoms with Crippen molar-refractivity contribution in [3.05, 3.63) is 138 Å². The highest BCUT2D eigenvalue weighted by Crippen LogP contribution is 2.29. The first-order chi connectivity index (χ1) is 26.7. The number of hydrogen-bond acceptors (Lipinski definition) is 12. The average Bonchev–Trinajstić information content (AvgIpc) is 3.34. The zero-order valence-corrected chi connectivity index (χ0v) is 30.0. The number of rotatable bonds is 14. The fraction of sp³-hybridized carbons (Fsp3) is 0.333. The summed E-state index contributed by atoms with van der Waals surface area (Å²) >= 11 is 0. The number of carbonyl (C=O) groups is 4. The molecule has 4 aromatic carbocycles. The Morgan fingerprint density at radius 1 is 0.745 bits per heavy atom. The maximum absolute atomic E-state index is 14.3. The number of aryl methyl sites for hydroxylation is 2. The monoisotopic (exact) mass is 752 g/mol. The Morgan fingerprint density at radius 2 is 1.33 bits per heavy atom. The Balaban J connectivity index is 1.15. The van der Waals surface area contributed by atoms with Crippen molar-refractivity contribution in [3.63, 3.8) is 0 Å². The normalized spacial score (nSPS) is 22.8. The summed E-state index contributed by atoms with van der Waals surface area (Å²) in [5.74, 6) is -3.11. The minimum Gasteiger partial charge on any atom is -0.460 e. The van der Waals surface area contributed by atoms with Crippen LogP contribution in [-0.4, -0.2) is 88.5 Å². The number of anilines is 1. The topological polar surface area (TPSA) is 181 Å². The van der Waals surface area contributed by atoms with Gasteiger partial charge in [0, 0.05) is 5.69 Å². The third kappa shape index (κ3) is 10.2. The lowest BCUT2D eigenvalue weighted by molar-refractivity contribution is -0.287. The van der Waals surface area contributed by atoms with Gasteiger partial charge in [0.05, 0.1) is 6.04 Å². The van der Waals surface area contributed by atoms with E-state index in [1.54, 1.807) is 42.5 Å². The molecule has 0 saturated carbocycles. The van der Waals surface area contributed by atoms with Crippen LogP contribution < -0.4 is 10.2 Å². The van der Waals surface area contributed by atoms with Crippen LogP contribution in [0.5, 0.6) is 0 Å². The molecule has 0 unspecified atom stereocenters. The van der Waals surface area contributed by atoms with Gasteiger partial charge in [-0.3, -0.25) is 24.6 Å². The number of nitrogens with zero attached hydrogens (tertiary/aromatic N) is 1. The van der Waals surface area contributed by atoms with Crippen LogP contribution in [0.25, 0.3) is 0 Å². The number of nitrogens with one attached hydrogen (secondary N) is 1. The van der Waals surface area contributed by atoms with E-state index in [0.29, 0.717) is 36.9 Å². The minimum atomic E-state index is -1.93. The van der Waals surface area contributed by atoms with Crippen molar-refractivity contribution in [3.8, 4) is 0 Å². The number of esters is 3. The highest BCUT2D eigenvalue weighted by molar-refractivity contribution is 6.02. The summed E-state index contributed by atoms with van der Waals surface area (Å²) in [5.41, 5.74) is 3.70. The summed E-state index contributed by atoms with van der Waals surface area (Å²) in [6.07, 6.45) is -7.80. The molecular formula is C42H44N2O11. The Morgan fingerprint density at radius 3 is 1.98 bits per heavy atom. The molecule has 13 nitrogen and oxygen atoms in total. The molecule has 0 aliphatic carbocycles. The van der Waals surface area contributed by atoms with Gasteiger partial charge in [0.25, 0.3) is 0 Å². The predicted octanol–water partition coefficient (Wildman–Crippen LogP) is 2.76. The van der Waals surface area contributed by atoms with Crippen molar-refractivity contribution < 1.29 is 53.4 Å². The molecule has 1 fully saturated rings. The number of benzene rings is 4. The van der Waals surface area contributed by atoms with Gasteiger partial charge < -0.3 is 34.3 Å². The molecule has 4 N–H and O–H groups in total. The third-order valence-corrected chi connectivity index (χ3v) is 9.58. The third-order valence-electron chi connectivity index (χ3n) is 9.58. The molecular weight excluding hydrogens is 708 g/mol. The summed E-state index contributed by atoms with van der Waals surface area (Å²) in [7, 11) is 0. The predicted molar refractivity (Wildman–Crippen MR) is 198 cm³/mol. The van der Waals surface area contributed by atoms with Gasteiger partial charge in [0.1, 0.15) is 44.1 Å². The van der Waals surface area contributed by atoms with Gasteiger partial charge in [-0.1, -0.05) is 109 Å². The Hall–Kier alpha value is -5.44. The van der Waals surface area contributed by atoms with Crippen molar-refractivity contribution in [2.75, 3.05) is 11.4 Å². The maximum atomic E-state index is 14.3. The van der Waals surface area contributed by atoms with Crippen LogP contribution in [0.15, 0.2) is 115 Å². The lowest BCUT2D eigenvalue weighted by atomic mass is 9.99. The molecule has 6 rings (SSSR count). The number of amides is 1. The summed E-state index contributed by atoms with van der Waals surface area (Å²) < 4.78 is 21.9. The largest absolute Gasteiger partial charge is 0.460 e. The van der Waals surface area contributed by atoms with E-state index in [9.17, 15) is 34.5 Å². The highest BCUT2D eigenvalue weighted by atomic mass is 16.7. The first-order valence-electron chi connectivity index (χ1n) is 18.2. The fourth-order valence-corrected chi connectivity index (χ4v) is 6.58. The second kappa shape index (κ2) is 18.7. The van der Waals surface area contributed by atoms with Crippen molar-refractivity contribution in [2.24, 2.45) is 0 Å². The van der Waals surface area contributed by atoms with E-state index in [1.165, 1.54) is 4.90 Å². The molecule has 0 radical (unpaired) electrons. The van der Waals surface area contributed by atoms with Crippen LogP contribution >= 0.6 is 0 Å². The second-order valence-electron chi connectivity index (χ2n) is 13.5. The molecule has 55 heavy (non-hydrogen) atoms. The summed E-state index contributed by atoms with van der Waals surface area (Å²) in [4.78, 5) is 55.5. The molecule has 1 saturated heterocycles. The number of aliphatic hydroxyl groups is 3. The molecule has 0 aromatic heterocycles. The van der Waals surface area contributed by atoms with Crippen molar-refractivity contribution in [1.29, 1.82) is 0 Å². The summed E-state index contributed by atoms with van der Waals surface area (Å²) in [6, 6.07) is 32.9. The molecule has 2 aliphatic rings. The molecule has 2 aliphatic heterocycles. The van der Waals surface area contributed by atoms with Crippen LogP contribution in [0.2, 0.25) is 0 Å². The van der Waals surface area contributed by atoms with Gasteiger partial charge >= 0.3 is 17.9 Å². The minimum absolute atomic E-state index is 0.0532. The number of fused-ring (bicyclic) bond motifs is 1. The number of hydrogen-bond donors (Lipinski definition) is 4. The molecule has 13 heteroatoms. The zero-order valence-electron chi connectivity index (χ0n) is 30.0. The van der Waals surface area contributed by atoms with Crippen LogP contribution in [-0.2, 0) is 64.2 Å². The van der Waals surface area contributed by atoms with E-state index in [-0.39, 0.29) is 13.2 Å². The maximum Gasteiger partial charge on any atom is 0.338 e. The van der Waals surface area contributed by atoms with E-state index in [2.05, 4.69) is 5.32 Å². The smallest absolute Gasteiger partial charge is 0.338 e. The van der Waals surface area contributed by atoms with E-state index in [1.807, 2.05) is 72.8 Å². The van der Waals surface area contributed by atoms with Crippen LogP contribution in [0, 0.1) is 0 Å². The van der Waals surface area contributed by atoms with Crippen LogP contribution in [0.4, 0.5) is 5.69 Å². The highest BCUT2D eigenvalue weighted by Gasteiger charge is 2.49. The standard InChI is InChI=1S/C42H44N2O11/c45-34(54-42-37(48)35(46)36(47)38(55-42)41(51)53-26-29-16-8-3-9-17-29)24-44-33-19-11-10-18-30(33)21-23-31(39(44)49)43-32(22-20-27-12-4-1-5-13-27)40(50)52-25-28-14-6-2-7-15-28/h1-19,31-32,35-38,42-43,46-48H,20-26H2/t31-,32-,35-,36-,37+,38-,42+/m0/s1. The van der Waals surface area contributed by atoms with E-state index >= 15 is 0 Å². The van der Waals surface area contributed by atoms with E-state index in [4.69, 9.17) is 18.9 Å². The van der Waals surface area contributed by atoms with E-state index < -0.39 is 73.1 Å². The first kappa shape index (κ1) is 39.3. The average molecular weight is 753 g/mol. The van der Waals surface area contributed by atoms with Gasteiger partial charge in [0.2, 0.25) is 12.2 Å². The van der Waals surface area contributed by atoms with Gasteiger partial charge in [-0.15, -0.1) is 0 Å². The quantitative estimate of drug-likeness (QED) is 0.109. The molecule has 4 aromatic rings. The Labute approximate surface area is 318 Å². The first-order valence-corrected chi connectivity index (χ1v) is 18.2. The van der Waals surface area contributed by atoms with Crippen molar-refractivity contribution in [2.45, 2.75) is 81.7 Å². The number of ether oxygens (including phenoxy) is 4. The van der Waals surface area contributed by atoms with Gasteiger partial charge in [-0.2, -0.15) is 0 Å². The SMILES string of the molecule is O=C(CN1C(=O)[C@@H](N[C@@H](CCc2ccccc2)C(=O)OCc2ccccc2)CCc2ccccc21)O[C@@H]1O[C@H](C(=O)OCc2ccccc2)[C@@H](O)[C@H](O)[C@H]1O. The van der Waals surface area contributed by atoms with Crippen molar-refractivity contribution in [1.82, 2.24) is 5.32 Å². The molecule has 7 atom stereocenters. The zero-order chi connectivity index (χ0) is 38.7. The van der Waals surface area contributed by atoms with Crippen molar-refractivity contribution >= 4 is 29.5 Å². The van der Waals surface area contributed by atoms with Crippen LogP contribution in [0.1, 0.15) is 35.1 Å². The molecule has 0 bridgehead atoms. The molecule has 0 spiro atoms. The van der Waals surface area contributed by atoms with Gasteiger partial charge in [-0.05, 0) is 54.0 Å². The molecule has 1 amide bonds.